The lowest BCUT2D eigenvalue weighted by Gasteiger charge is -2.01. The Morgan fingerprint density at radius 3 is 2.58 bits per heavy atom. The van der Waals surface area contributed by atoms with E-state index in [1.807, 2.05) is 0 Å². The predicted octanol–water partition coefficient (Wildman–Crippen LogP) is 1.95. The Bertz CT molecular complexity index is 790. The zero-order valence-corrected chi connectivity index (χ0v) is 14.0. The van der Waals surface area contributed by atoms with Crippen LogP contribution in [0.1, 0.15) is 49.2 Å². The number of hydrogen-bond donors (Lipinski definition) is 2. The second-order valence-electron chi connectivity index (χ2n) is 5.03. The molecule has 24 heavy (non-hydrogen) atoms. The Balaban J connectivity index is 1.89. The van der Waals surface area contributed by atoms with E-state index in [-0.39, 0.29) is 23.2 Å². The third-order valence-electron chi connectivity index (χ3n) is 3.09. The zero-order chi connectivity index (χ0) is 17.7. The molecule has 8 heteroatoms. The summed E-state index contributed by atoms with van der Waals surface area (Å²) in [6, 6.07) is 4.74. The lowest BCUT2D eigenvalue weighted by Crippen LogP contribution is -2.18. The summed E-state index contributed by atoms with van der Waals surface area (Å²) in [5, 5.41) is 2.64. The van der Waals surface area contributed by atoms with Gasteiger partial charge < -0.3 is 15.0 Å². The molecule has 2 aromatic rings. The number of thiophene rings is 1. The number of ketones is 2. The van der Waals surface area contributed by atoms with Gasteiger partial charge in [-0.3, -0.25) is 14.4 Å². The molecule has 126 valence electrons. The minimum atomic E-state index is -0.703. The molecule has 1 amide bonds. The molecule has 0 spiro atoms. The van der Waals surface area contributed by atoms with Gasteiger partial charge >= 0.3 is 5.97 Å². The van der Waals surface area contributed by atoms with Gasteiger partial charge in [-0.25, -0.2) is 4.79 Å². The van der Waals surface area contributed by atoms with Gasteiger partial charge in [-0.05, 0) is 25.1 Å². The van der Waals surface area contributed by atoms with Crippen LogP contribution in [0.3, 0.4) is 0 Å². The maximum absolute atomic E-state index is 12.0. The van der Waals surface area contributed by atoms with Crippen molar-refractivity contribution in [1.29, 1.82) is 0 Å². The standard InChI is InChI=1S/C16H16N2O5S/c1-9(19)11-5-13(18-6-11)16(22)23-8-14(21)15-4-3-12(24-15)7-17-10(2)20/h3-6,18H,7-8H2,1-2H3,(H,17,20). The molecule has 7 nitrogen and oxygen atoms in total. The van der Waals surface area contributed by atoms with E-state index >= 15 is 0 Å². The summed E-state index contributed by atoms with van der Waals surface area (Å²) < 4.78 is 4.95. The second kappa shape index (κ2) is 7.69. The molecule has 0 saturated heterocycles. The first-order chi connectivity index (χ1) is 11.4. The quantitative estimate of drug-likeness (QED) is 0.588. The minimum absolute atomic E-state index is 0.116. The topological polar surface area (TPSA) is 105 Å². The number of nitrogens with one attached hydrogen (secondary N) is 2. The molecule has 0 aliphatic heterocycles. The lowest BCUT2D eigenvalue weighted by molar-refractivity contribution is -0.119. The van der Waals surface area contributed by atoms with Crippen LogP contribution >= 0.6 is 11.3 Å². The van der Waals surface area contributed by atoms with Crippen molar-refractivity contribution in [3.8, 4) is 0 Å². The van der Waals surface area contributed by atoms with Gasteiger partial charge in [0.2, 0.25) is 11.7 Å². The van der Waals surface area contributed by atoms with Crippen LogP contribution in [0.2, 0.25) is 0 Å². The Kier molecular flexibility index (Phi) is 5.64. The number of carbonyl (C=O) groups is 4. The van der Waals surface area contributed by atoms with Gasteiger partial charge in [0.15, 0.2) is 12.4 Å². The first kappa shape index (κ1) is 17.6. The Hall–Kier alpha value is -2.74. The summed E-state index contributed by atoms with van der Waals surface area (Å²) in [5.41, 5.74) is 0.486. The molecule has 0 atom stereocenters. The molecule has 0 aromatic carbocycles. The maximum atomic E-state index is 12.0. The highest BCUT2D eigenvalue weighted by atomic mass is 32.1. The first-order valence-electron chi connectivity index (χ1n) is 7.09. The average Bonchev–Trinajstić information content (AvgIpc) is 3.19. The SMILES string of the molecule is CC(=O)NCc1ccc(C(=O)COC(=O)c2cc(C(C)=O)c[nH]2)s1. The molecule has 2 aromatic heterocycles. The Morgan fingerprint density at radius 1 is 1.21 bits per heavy atom. The van der Waals surface area contributed by atoms with E-state index in [0.29, 0.717) is 17.0 Å². The van der Waals surface area contributed by atoms with Gasteiger partial charge in [-0.15, -0.1) is 11.3 Å². The van der Waals surface area contributed by atoms with Crippen LogP contribution < -0.4 is 5.32 Å². The summed E-state index contributed by atoms with van der Waals surface area (Å²) in [6.07, 6.45) is 1.41. The van der Waals surface area contributed by atoms with Gasteiger partial charge in [-0.1, -0.05) is 0 Å². The second-order valence-corrected chi connectivity index (χ2v) is 6.20. The number of amides is 1. The number of rotatable bonds is 7. The largest absolute Gasteiger partial charge is 0.453 e. The number of ether oxygens (including phenoxy) is 1. The molecule has 0 bridgehead atoms. The molecule has 0 aliphatic carbocycles. The normalized spacial score (nSPS) is 10.2. The highest BCUT2D eigenvalue weighted by molar-refractivity contribution is 7.14. The van der Waals surface area contributed by atoms with Gasteiger partial charge in [0.25, 0.3) is 0 Å². The summed E-state index contributed by atoms with van der Waals surface area (Å²) >= 11 is 1.23. The van der Waals surface area contributed by atoms with E-state index in [0.717, 1.165) is 4.88 Å². The Labute approximate surface area is 142 Å². The third-order valence-corrected chi connectivity index (χ3v) is 4.22. The number of Topliss-reactive ketones (excluding diaryl/α,β-unsaturated/α-hetero) is 2. The fraction of sp³-hybridized carbons (Fsp3) is 0.250. The molecule has 2 heterocycles. The maximum Gasteiger partial charge on any atom is 0.355 e. The van der Waals surface area contributed by atoms with Crippen molar-refractivity contribution >= 4 is 34.8 Å². The van der Waals surface area contributed by atoms with E-state index in [1.165, 1.54) is 37.4 Å². The molecule has 0 radical (unpaired) electrons. The van der Waals surface area contributed by atoms with Gasteiger partial charge in [0.1, 0.15) is 5.69 Å². The highest BCUT2D eigenvalue weighted by Gasteiger charge is 2.16. The Morgan fingerprint density at radius 2 is 1.96 bits per heavy atom. The van der Waals surface area contributed by atoms with Gasteiger partial charge in [0, 0.05) is 23.6 Å². The van der Waals surface area contributed by atoms with Crippen molar-refractivity contribution in [2.45, 2.75) is 20.4 Å². The fourth-order valence-electron chi connectivity index (χ4n) is 1.83. The van der Waals surface area contributed by atoms with E-state index in [2.05, 4.69) is 10.3 Å². The molecule has 2 N–H and O–H groups in total. The predicted molar refractivity (Wildman–Crippen MR) is 87.2 cm³/mol. The number of esters is 1. The highest BCUT2D eigenvalue weighted by Crippen LogP contribution is 2.17. The monoisotopic (exact) mass is 348 g/mol. The number of hydrogen-bond acceptors (Lipinski definition) is 6. The van der Waals surface area contributed by atoms with Crippen molar-refractivity contribution in [2.24, 2.45) is 0 Å². The lowest BCUT2D eigenvalue weighted by atomic mass is 10.2. The summed E-state index contributed by atoms with van der Waals surface area (Å²) in [7, 11) is 0. The van der Waals surface area contributed by atoms with Gasteiger partial charge in [-0.2, -0.15) is 0 Å². The van der Waals surface area contributed by atoms with Crippen LogP contribution in [0, 0.1) is 0 Å². The molecule has 0 fully saturated rings. The minimum Gasteiger partial charge on any atom is -0.453 e. The third kappa shape index (κ3) is 4.63. The van der Waals surface area contributed by atoms with E-state index in [1.54, 1.807) is 12.1 Å². The summed E-state index contributed by atoms with van der Waals surface area (Å²) in [4.78, 5) is 49.8. The van der Waals surface area contributed by atoms with E-state index < -0.39 is 12.6 Å². The zero-order valence-electron chi connectivity index (χ0n) is 13.2. The van der Waals surface area contributed by atoms with E-state index in [4.69, 9.17) is 4.74 Å². The molecular weight excluding hydrogens is 332 g/mol. The van der Waals surface area contributed by atoms with Crippen LogP contribution in [0.25, 0.3) is 0 Å². The van der Waals surface area contributed by atoms with Crippen molar-refractivity contribution in [3.05, 3.63) is 45.4 Å². The summed E-state index contributed by atoms with van der Waals surface area (Å²) in [5.74, 6) is -1.36. The summed E-state index contributed by atoms with van der Waals surface area (Å²) in [6.45, 7) is 2.76. The molecule has 0 saturated carbocycles. The van der Waals surface area contributed by atoms with Crippen LogP contribution in [0.15, 0.2) is 24.4 Å². The van der Waals surface area contributed by atoms with E-state index in [9.17, 15) is 19.2 Å². The van der Waals surface area contributed by atoms with Crippen LogP contribution in [0.4, 0.5) is 0 Å². The number of carbonyl (C=O) groups excluding carboxylic acids is 4. The average molecular weight is 348 g/mol. The fourth-order valence-corrected chi connectivity index (χ4v) is 2.70. The van der Waals surface area contributed by atoms with Crippen molar-refractivity contribution in [2.75, 3.05) is 6.61 Å². The first-order valence-corrected chi connectivity index (χ1v) is 7.91. The van der Waals surface area contributed by atoms with Crippen molar-refractivity contribution < 1.29 is 23.9 Å². The molecule has 2 rings (SSSR count). The van der Waals surface area contributed by atoms with Crippen molar-refractivity contribution in [3.63, 3.8) is 0 Å². The van der Waals surface area contributed by atoms with Gasteiger partial charge in [0.05, 0.1) is 11.4 Å². The molecular formula is C16H16N2O5S. The molecule has 0 aliphatic rings. The number of H-pyrrole nitrogens is 1. The smallest absolute Gasteiger partial charge is 0.355 e. The molecule has 0 unspecified atom stereocenters. The van der Waals surface area contributed by atoms with Crippen LogP contribution in [-0.4, -0.2) is 35.0 Å². The van der Waals surface area contributed by atoms with Crippen LogP contribution in [-0.2, 0) is 16.1 Å². The van der Waals surface area contributed by atoms with Crippen molar-refractivity contribution in [1.82, 2.24) is 10.3 Å². The van der Waals surface area contributed by atoms with Crippen LogP contribution in [0.5, 0.6) is 0 Å². The number of aromatic nitrogens is 1. The number of aromatic amines is 1.